The number of sulfonamides is 1. The maximum Gasteiger partial charge on any atom is 0.214 e. The minimum absolute atomic E-state index is 0.104. The van der Waals surface area contributed by atoms with Gasteiger partial charge in [-0.1, -0.05) is 0 Å². The van der Waals surface area contributed by atoms with E-state index in [9.17, 15) is 8.42 Å². The molecule has 23 heavy (non-hydrogen) atoms. The Kier molecular flexibility index (Phi) is 5.13. The summed E-state index contributed by atoms with van der Waals surface area (Å²) in [5.41, 5.74) is 1.37. The van der Waals surface area contributed by atoms with Crippen LogP contribution in [0.25, 0.3) is 0 Å². The Labute approximate surface area is 140 Å². The molecule has 1 saturated carbocycles. The van der Waals surface area contributed by atoms with E-state index in [1.807, 2.05) is 0 Å². The number of aromatic nitrogens is 1. The van der Waals surface area contributed by atoms with Gasteiger partial charge >= 0.3 is 0 Å². The second-order valence-corrected chi connectivity index (χ2v) is 9.42. The Hall–Kier alpha value is -0.850. The van der Waals surface area contributed by atoms with Crippen LogP contribution in [0.1, 0.15) is 51.1 Å². The minimum Gasteiger partial charge on any atom is -0.351 e. The van der Waals surface area contributed by atoms with E-state index in [2.05, 4.69) is 46.5 Å². The quantitative estimate of drug-likeness (QED) is 0.830. The van der Waals surface area contributed by atoms with Gasteiger partial charge in [-0.05, 0) is 70.2 Å². The minimum atomic E-state index is -3.02. The number of rotatable bonds is 7. The smallest absolute Gasteiger partial charge is 0.214 e. The lowest BCUT2D eigenvalue weighted by Gasteiger charge is -2.31. The molecule has 2 heterocycles. The maximum atomic E-state index is 11.9. The normalized spacial score (nSPS) is 21.2. The van der Waals surface area contributed by atoms with Gasteiger partial charge < -0.3 is 4.57 Å². The monoisotopic (exact) mass is 339 g/mol. The summed E-state index contributed by atoms with van der Waals surface area (Å²) in [6, 6.07) is 2.71. The zero-order valence-electron chi connectivity index (χ0n) is 14.2. The van der Waals surface area contributed by atoms with Gasteiger partial charge in [0.2, 0.25) is 10.0 Å². The zero-order chi connectivity index (χ0) is 16.4. The fourth-order valence-corrected chi connectivity index (χ4v) is 4.67. The number of piperidine rings is 1. The molecule has 0 bridgehead atoms. The van der Waals surface area contributed by atoms with Gasteiger partial charge in [0.05, 0.1) is 5.25 Å². The van der Waals surface area contributed by atoms with Crippen LogP contribution in [0.3, 0.4) is 0 Å². The second-order valence-electron chi connectivity index (χ2n) is 7.37. The van der Waals surface area contributed by atoms with Crippen LogP contribution in [0, 0.1) is 5.92 Å². The molecule has 0 aromatic carbocycles. The molecule has 130 valence electrons. The van der Waals surface area contributed by atoms with Gasteiger partial charge in [-0.3, -0.25) is 4.90 Å². The van der Waals surface area contributed by atoms with E-state index in [1.165, 1.54) is 5.56 Å². The Morgan fingerprint density at radius 1 is 1.22 bits per heavy atom. The first-order chi connectivity index (χ1) is 10.9. The Morgan fingerprint density at radius 2 is 1.91 bits per heavy atom. The molecule has 1 N–H and O–H groups in total. The molecule has 3 rings (SSSR count). The largest absolute Gasteiger partial charge is 0.351 e. The van der Waals surface area contributed by atoms with Crippen LogP contribution in [0.15, 0.2) is 18.5 Å². The summed E-state index contributed by atoms with van der Waals surface area (Å²) in [5, 5.41) is -0.104. The van der Waals surface area contributed by atoms with E-state index in [0.29, 0.717) is 18.5 Å². The van der Waals surface area contributed by atoms with Crippen molar-refractivity contribution in [1.29, 1.82) is 0 Å². The van der Waals surface area contributed by atoms with Gasteiger partial charge in [0.1, 0.15) is 0 Å². The number of hydrogen-bond acceptors (Lipinski definition) is 3. The first-order valence-corrected chi connectivity index (χ1v) is 10.4. The van der Waals surface area contributed by atoms with Crippen LogP contribution < -0.4 is 4.72 Å². The summed E-state index contributed by atoms with van der Waals surface area (Å²) in [5.74, 6) is 0.486. The fourth-order valence-electron chi connectivity index (χ4n) is 3.21. The van der Waals surface area contributed by atoms with E-state index < -0.39 is 10.0 Å². The van der Waals surface area contributed by atoms with Crippen molar-refractivity contribution in [3.05, 3.63) is 24.0 Å². The van der Waals surface area contributed by atoms with E-state index in [4.69, 9.17) is 0 Å². The molecule has 0 radical (unpaired) electrons. The van der Waals surface area contributed by atoms with E-state index in [-0.39, 0.29) is 5.25 Å². The first kappa shape index (κ1) is 17.0. The molecule has 5 nitrogen and oxygen atoms in total. The third-order valence-corrected chi connectivity index (χ3v) is 6.94. The van der Waals surface area contributed by atoms with Gasteiger partial charge in [0.25, 0.3) is 0 Å². The summed E-state index contributed by atoms with van der Waals surface area (Å²) < 4.78 is 28.8. The van der Waals surface area contributed by atoms with E-state index in [0.717, 1.165) is 45.3 Å². The van der Waals surface area contributed by atoms with Crippen LogP contribution in [0.2, 0.25) is 0 Å². The number of nitrogens with one attached hydrogen (secondary N) is 1. The van der Waals surface area contributed by atoms with Gasteiger partial charge in [-0.15, -0.1) is 0 Å². The topological polar surface area (TPSA) is 54.3 Å². The van der Waals surface area contributed by atoms with Gasteiger partial charge in [0, 0.05) is 31.5 Å². The van der Waals surface area contributed by atoms with Gasteiger partial charge in [0.15, 0.2) is 0 Å². The summed E-state index contributed by atoms with van der Waals surface area (Å²) in [4.78, 5) is 2.48. The number of nitrogens with zero attached hydrogens (tertiary/aromatic N) is 2. The van der Waals surface area contributed by atoms with Crippen LogP contribution in [0.5, 0.6) is 0 Å². The van der Waals surface area contributed by atoms with Gasteiger partial charge in [-0.25, -0.2) is 13.1 Å². The number of likely N-dealkylation sites (tertiary alicyclic amines) is 1. The molecule has 2 aliphatic rings. The van der Waals surface area contributed by atoms with Crippen LogP contribution in [-0.2, 0) is 16.6 Å². The number of hydrogen-bond donors (Lipinski definition) is 1. The van der Waals surface area contributed by atoms with Crippen LogP contribution in [0.4, 0.5) is 0 Å². The lowest BCUT2D eigenvalue weighted by molar-refractivity contribution is 0.178. The van der Waals surface area contributed by atoms with Crippen LogP contribution >= 0.6 is 0 Å². The Bertz CT molecular complexity index is 612. The summed E-state index contributed by atoms with van der Waals surface area (Å²) >= 11 is 0. The van der Waals surface area contributed by atoms with Crippen molar-refractivity contribution in [2.75, 3.05) is 19.6 Å². The molecule has 0 unspecified atom stereocenters. The third-order valence-electron chi connectivity index (χ3n) is 5.02. The van der Waals surface area contributed by atoms with E-state index in [1.54, 1.807) is 0 Å². The van der Waals surface area contributed by atoms with Crippen molar-refractivity contribution in [2.45, 2.75) is 57.4 Å². The molecule has 1 aromatic heterocycles. The summed E-state index contributed by atoms with van der Waals surface area (Å²) in [7, 11) is -3.02. The van der Waals surface area contributed by atoms with Crippen molar-refractivity contribution in [2.24, 2.45) is 5.92 Å². The molecule has 0 amide bonds. The SMILES string of the molecule is CC(C)n1ccc(CN2CCC(CNS(=O)(=O)C3CC3)CC2)c1. The first-order valence-electron chi connectivity index (χ1n) is 8.81. The zero-order valence-corrected chi connectivity index (χ0v) is 15.1. The standard InChI is InChI=1S/C17H29N3O2S/c1-14(2)20-10-7-16(13-20)12-19-8-5-15(6-9-19)11-18-23(21,22)17-3-4-17/h7,10,13-15,17-18H,3-6,8-9,11-12H2,1-2H3. The summed E-state index contributed by atoms with van der Waals surface area (Å²) in [6.07, 6.45) is 8.23. The average molecular weight is 340 g/mol. The predicted molar refractivity (Wildman–Crippen MR) is 92.8 cm³/mol. The molecule has 1 aliphatic carbocycles. The fraction of sp³-hybridized carbons (Fsp3) is 0.765. The molecule has 0 atom stereocenters. The molecular weight excluding hydrogens is 310 g/mol. The van der Waals surface area contributed by atoms with Crippen molar-refractivity contribution < 1.29 is 8.42 Å². The highest BCUT2D eigenvalue weighted by Gasteiger charge is 2.35. The van der Waals surface area contributed by atoms with Crippen LogP contribution in [-0.4, -0.2) is 42.8 Å². The Morgan fingerprint density at radius 3 is 2.48 bits per heavy atom. The van der Waals surface area contributed by atoms with Crippen molar-refractivity contribution in [3.63, 3.8) is 0 Å². The molecule has 2 fully saturated rings. The van der Waals surface area contributed by atoms with E-state index >= 15 is 0 Å². The highest BCUT2D eigenvalue weighted by atomic mass is 32.2. The van der Waals surface area contributed by atoms with Gasteiger partial charge in [-0.2, -0.15) is 0 Å². The average Bonchev–Trinajstić information content (AvgIpc) is 3.28. The second kappa shape index (κ2) is 6.95. The molecule has 1 aliphatic heterocycles. The van der Waals surface area contributed by atoms with Crippen molar-refractivity contribution >= 4 is 10.0 Å². The molecular formula is C17H29N3O2S. The Balaban J connectivity index is 1.41. The van der Waals surface area contributed by atoms with Crippen molar-refractivity contribution in [1.82, 2.24) is 14.2 Å². The summed E-state index contributed by atoms with van der Waals surface area (Å²) in [6.45, 7) is 8.12. The molecule has 1 aromatic rings. The molecule has 1 saturated heterocycles. The predicted octanol–water partition coefficient (Wildman–Crippen LogP) is 2.36. The van der Waals surface area contributed by atoms with Crippen molar-refractivity contribution in [3.8, 4) is 0 Å². The molecule has 0 spiro atoms. The third kappa shape index (κ3) is 4.58. The highest BCUT2D eigenvalue weighted by molar-refractivity contribution is 7.90. The lowest BCUT2D eigenvalue weighted by atomic mass is 9.97. The highest BCUT2D eigenvalue weighted by Crippen LogP contribution is 2.28. The lowest BCUT2D eigenvalue weighted by Crippen LogP contribution is -2.39. The molecule has 6 heteroatoms. The maximum absolute atomic E-state index is 11.9.